The van der Waals surface area contributed by atoms with Crippen LogP contribution < -0.4 is 10.7 Å². The minimum absolute atomic E-state index is 0.387. The van der Waals surface area contributed by atoms with Gasteiger partial charge in [0.15, 0.2) is 5.58 Å². The van der Waals surface area contributed by atoms with E-state index in [1.54, 1.807) is 13.1 Å². The lowest BCUT2D eigenvalue weighted by Gasteiger charge is -2.35. The number of aromatic nitrogens is 2. The van der Waals surface area contributed by atoms with Crippen LogP contribution in [0.15, 0.2) is 51.8 Å². The SMILES string of the molecule is Cn1c(=O)oc2cc(C(O)CCN3CCN(c4ccccn4)CC3)ccc21. The van der Waals surface area contributed by atoms with Gasteiger partial charge in [0.1, 0.15) is 5.82 Å². The number of benzene rings is 1. The Balaban J connectivity index is 1.32. The molecule has 1 unspecified atom stereocenters. The van der Waals surface area contributed by atoms with Gasteiger partial charge in [0.25, 0.3) is 0 Å². The first-order valence-corrected chi connectivity index (χ1v) is 9.28. The molecular formula is C20H24N4O3. The Labute approximate surface area is 157 Å². The maximum Gasteiger partial charge on any atom is 0.419 e. The highest BCUT2D eigenvalue weighted by Gasteiger charge is 2.19. The fraction of sp³-hybridized carbons (Fsp3) is 0.400. The van der Waals surface area contributed by atoms with Gasteiger partial charge in [-0.1, -0.05) is 12.1 Å². The molecule has 1 aliphatic rings. The van der Waals surface area contributed by atoms with Gasteiger partial charge in [0.05, 0.1) is 11.6 Å². The zero-order valence-electron chi connectivity index (χ0n) is 15.4. The number of hydrogen-bond donors (Lipinski definition) is 1. The third-order valence-electron chi connectivity index (χ3n) is 5.27. The average Bonchev–Trinajstić information content (AvgIpc) is 3.00. The van der Waals surface area contributed by atoms with Gasteiger partial charge in [-0.3, -0.25) is 9.47 Å². The highest BCUT2D eigenvalue weighted by molar-refractivity contribution is 5.73. The zero-order valence-corrected chi connectivity index (χ0v) is 15.4. The highest BCUT2D eigenvalue weighted by atomic mass is 16.4. The van der Waals surface area contributed by atoms with Gasteiger partial charge in [-0.2, -0.15) is 0 Å². The molecule has 0 aliphatic carbocycles. The molecule has 3 heterocycles. The first kappa shape index (κ1) is 17.8. The van der Waals surface area contributed by atoms with Crippen LogP contribution >= 0.6 is 0 Å². The maximum atomic E-state index is 11.6. The van der Waals surface area contributed by atoms with Crippen molar-refractivity contribution in [2.75, 3.05) is 37.6 Å². The van der Waals surface area contributed by atoms with E-state index in [9.17, 15) is 9.90 Å². The molecule has 1 atom stereocenters. The number of aliphatic hydroxyl groups excluding tert-OH is 1. The second-order valence-electron chi connectivity index (χ2n) is 6.98. The average molecular weight is 368 g/mol. The summed E-state index contributed by atoms with van der Waals surface area (Å²) in [5.74, 6) is 0.636. The van der Waals surface area contributed by atoms with Crippen LogP contribution in [0.4, 0.5) is 5.82 Å². The Bertz CT molecular complexity index is 958. The number of nitrogens with zero attached hydrogens (tertiary/aromatic N) is 4. The van der Waals surface area contributed by atoms with E-state index in [-0.39, 0.29) is 5.76 Å². The van der Waals surface area contributed by atoms with Gasteiger partial charge >= 0.3 is 5.76 Å². The lowest BCUT2D eigenvalue weighted by Crippen LogP contribution is -2.47. The number of piperazine rings is 1. The number of aryl methyl sites for hydroxylation is 1. The Morgan fingerprint density at radius 1 is 1.19 bits per heavy atom. The summed E-state index contributed by atoms with van der Waals surface area (Å²) >= 11 is 0. The third-order valence-corrected chi connectivity index (χ3v) is 5.27. The fourth-order valence-corrected chi connectivity index (χ4v) is 3.57. The summed E-state index contributed by atoms with van der Waals surface area (Å²) in [6.45, 7) is 4.61. The Morgan fingerprint density at radius 2 is 2.00 bits per heavy atom. The van der Waals surface area contributed by atoms with Crippen molar-refractivity contribution in [1.82, 2.24) is 14.5 Å². The van der Waals surface area contributed by atoms with Crippen molar-refractivity contribution < 1.29 is 9.52 Å². The van der Waals surface area contributed by atoms with Gasteiger partial charge in [-0.15, -0.1) is 0 Å². The molecule has 0 saturated carbocycles. The summed E-state index contributed by atoms with van der Waals surface area (Å²) in [5, 5.41) is 10.5. The molecule has 0 spiro atoms. The van der Waals surface area contributed by atoms with E-state index < -0.39 is 6.10 Å². The van der Waals surface area contributed by atoms with E-state index in [2.05, 4.69) is 14.8 Å². The summed E-state index contributed by atoms with van der Waals surface area (Å²) in [5.41, 5.74) is 2.04. The molecule has 3 aromatic rings. The molecule has 1 aromatic carbocycles. The number of fused-ring (bicyclic) bond motifs is 1. The topological polar surface area (TPSA) is 74.7 Å². The summed E-state index contributed by atoms with van der Waals surface area (Å²) in [4.78, 5) is 20.7. The van der Waals surface area contributed by atoms with Crippen LogP contribution in [0.5, 0.6) is 0 Å². The predicted octanol–water partition coefficient (Wildman–Crippen LogP) is 1.77. The monoisotopic (exact) mass is 368 g/mol. The smallest absolute Gasteiger partial charge is 0.408 e. The van der Waals surface area contributed by atoms with Crippen LogP contribution in [0.3, 0.4) is 0 Å². The molecule has 1 N–H and O–H groups in total. The minimum atomic E-state index is -0.575. The molecule has 4 rings (SSSR count). The summed E-state index contributed by atoms with van der Waals surface area (Å²) in [6.07, 6.45) is 1.89. The predicted molar refractivity (Wildman–Crippen MR) is 104 cm³/mol. The van der Waals surface area contributed by atoms with Gasteiger partial charge < -0.3 is 14.4 Å². The Hall–Kier alpha value is -2.64. The number of anilines is 1. The number of aliphatic hydroxyl groups is 1. The van der Waals surface area contributed by atoms with E-state index in [1.807, 2.05) is 36.5 Å². The van der Waals surface area contributed by atoms with Crippen LogP contribution in [0.25, 0.3) is 11.1 Å². The fourth-order valence-electron chi connectivity index (χ4n) is 3.57. The molecule has 1 aliphatic heterocycles. The minimum Gasteiger partial charge on any atom is -0.408 e. The van der Waals surface area contributed by atoms with Gasteiger partial charge in [-0.25, -0.2) is 9.78 Å². The molecule has 7 nitrogen and oxygen atoms in total. The van der Waals surface area contributed by atoms with E-state index in [1.165, 1.54) is 4.57 Å². The van der Waals surface area contributed by atoms with Crippen LogP contribution in [0.1, 0.15) is 18.1 Å². The van der Waals surface area contributed by atoms with E-state index in [4.69, 9.17) is 4.42 Å². The normalized spacial score (nSPS) is 16.7. The molecule has 2 aromatic heterocycles. The van der Waals surface area contributed by atoms with Crippen molar-refractivity contribution in [1.29, 1.82) is 0 Å². The molecule has 142 valence electrons. The largest absolute Gasteiger partial charge is 0.419 e. The van der Waals surface area contributed by atoms with E-state index >= 15 is 0 Å². The first-order valence-electron chi connectivity index (χ1n) is 9.28. The Kier molecular flexibility index (Phi) is 4.96. The summed E-state index contributed by atoms with van der Waals surface area (Å²) < 4.78 is 6.68. The standard InChI is InChI=1S/C20H24N4O3/c1-22-16-6-5-15(14-18(16)27-20(22)26)17(25)7-9-23-10-12-24(13-11-23)19-4-2-3-8-21-19/h2-6,8,14,17,25H,7,9-13H2,1H3. The number of rotatable bonds is 5. The van der Waals surface area contributed by atoms with Crippen LogP contribution in [-0.2, 0) is 7.05 Å². The lowest BCUT2D eigenvalue weighted by molar-refractivity contribution is 0.139. The van der Waals surface area contributed by atoms with Crippen LogP contribution in [0, 0.1) is 0 Å². The van der Waals surface area contributed by atoms with Crippen molar-refractivity contribution in [2.45, 2.75) is 12.5 Å². The van der Waals surface area contributed by atoms with Crippen LogP contribution in [0.2, 0.25) is 0 Å². The van der Waals surface area contributed by atoms with Crippen molar-refractivity contribution >= 4 is 16.9 Å². The molecule has 7 heteroatoms. The second-order valence-corrected chi connectivity index (χ2v) is 6.98. The van der Waals surface area contributed by atoms with Crippen molar-refractivity contribution in [3.63, 3.8) is 0 Å². The molecule has 1 saturated heterocycles. The third kappa shape index (κ3) is 3.74. The second kappa shape index (κ2) is 7.54. The lowest BCUT2D eigenvalue weighted by atomic mass is 10.1. The summed E-state index contributed by atoms with van der Waals surface area (Å²) in [6, 6.07) is 11.4. The van der Waals surface area contributed by atoms with Gasteiger partial charge in [0.2, 0.25) is 0 Å². The quantitative estimate of drug-likeness (QED) is 0.740. The van der Waals surface area contributed by atoms with Gasteiger partial charge in [-0.05, 0) is 36.2 Å². The number of hydrogen-bond acceptors (Lipinski definition) is 6. The molecule has 27 heavy (non-hydrogen) atoms. The number of oxazole rings is 1. The molecule has 0 bridgehead atoms. The van der Waals surface area contributed by atoms with E-state index in [0.29, 0.717) is 12.0 Å². The zero-order chi connectivity index (χ0) is 18.8. The Morgan fingerprint density at radius 3 is 2.74 bits per heavy atom. The van der Waals surface area contributed by atoms with Gasteiger partial charge in [0, 0.05) is 46.0 Å². The number of pyridine rings is 1. The molecular weight excluding hydrogens is 344 g/mol. The summed E-state index contributed by atoms with van der Waals surface area (Å²) in [7, 11) is 1.68. The first-order chi connectivity index (χ1) is 13.1. The van der Waals surface area contributed by atoms with Crippen molar-refractivity contribution in [3.8, 4) is 0 Å². The van der Waals surface area contributed by atoms with Crippen molar-refractivity contribution in [3.05, 3.63) is 58.7 Å². The molecule has 0 amide bonds. The molecule has 0 radical (unpaired) electrons. The van der Waals surface area contributed by atoms with Crippen molar-refractivity contribution in [2.24, 2.45) is 7.05 Å². The molecule has 1 fully saturated rings. The maximum absolute atomic E-state index is 11.6. The van der Waals surface area contributed by atoms with E-state index in [0.717, 1.165) is 49.6 Å². The highest BCUT2D eigenvalue weighted by Crippen LogP contribution is 2.22. The van der Waals surface area contributed by atoms with Crippen LogP contribution in [-0.4, -0.2) is 52.3 Å².